The van der Waals surface area contributed by atoms with E-state index in [9.17, 15) is 14.8 Å². The molecule has 1 fully saturated rings. The van der Waals surface area contributed by atoms with E-state index in [1.165, 1.54) is 0 Å². The van der Waals surface area contributed by atoms with E-state index in [1.54, 1.807) is 4.90 Å². The van der Waals surface area contributed by atoms with E-state index in [4.69, 9.17) is 14.9 Å². The summed E-state index contributed by atoms with van der Waals surface area (Å²) in [7, 11) is -4.04. The first-order chi connectivity index (χ1) is 7.33. The van der Waals surface area contributed by atoms with Crippen molar-refractivity contribution in [3.63, 3.8) is 0 Å². The Morgan fingerprint density at radius 1 is 1.25 bits per heavy atom. The number of aliphatic hydroxyl groups excluding tert-OH is 3. The van der Waals surface area contributed by atoms with E-state index in [0.29, 0.717) is 6.54 Å². The maximum absolute atomic E-state index is 10.7. The minimum absolute atomic E-state index is 0.143. The van der Waals surface area contributed by atoms with Crippen molar-refractivity contribution in [3.05, 3.63) is 0 Å². The lowest BCUT2D eigenvalue weighted by Crippen LogP contribution is -2.54. The zero-order chi connectivity index (χ0) is 12.3. The maximum Gasteiger partial charge on any atom is 0.326 e. The molecular weight excluding hydrogens is 237 g/mol. The molecule has 0 aromatic rings. The molecule has 1 heterocycles. The minimum atomic E-state index is -4.04. The van der Waals surface area contributed by atoms with Crippen LogP contribution in [-0.4, -0.2) is 74.6 Å². The smallest absolute Gasteiger partial charge is 0.326 e. The summed E-state index contributed by atoms with van der Waals surface area (Å²) in [5.41, 5.74) is 0. The van der Waals surface area contributed by atoms with Gasteiger partial charge in [-0.05, 0) is 0 Å². The Hall–Kier alpha value is -0.0100. The van der Waals surface area contributed by atoms with Crippen LogP contribution in [0.25, 0.3) is 0 Å². The summed E-state index contributed by atoms with van der Waals surface area (Å²) >= 11 is 0. The summed E-state index contributed by atoms with van der Waals surface area (Å²) in [6.45, 7) is 0.377. The normalized spacial score (nSPS) is 32.9. The standard InChI is InChI=1S/C8H18NO6P/c10-5-6-3-9(1-2-16(13,14)15)4-7(11)8(6)12/h6-8,10-12H,1-5H2,(H2,13,14,15)/t6-,7-,8-/m1/s1. The van der Waals surface area contributed by atoms with Crippen LogP contribution in [0.4, 0.5) is 0 Å². The molecule has 0 unspecified atom stereocenters. The molecule has 1 rings (SSSR count). The van der Waals surface area contributed by atoms with Crippen molar-refractivity contribution in [2.24, 2.45) is 5.92 Å². The van der Waals surface area contributed by atoms with Gasteiger partial charge in [-0.3, -0.25) is 9.46 Å². The van der Waals surface area contributed by atoms with Gasteiger partial charge in [-0.15, -0.1) is 0 Å². The average molecular weight is 255 g/mol. The lowest BCUT2D eigenvalue weighted by molar-refractivity contribution is -0.0848. The highest BCUT2D eigenvalue weighted by Gasteiger charge is 2.34. The van der Waals surface area contributed by atoms with Gasteiger partial charge in [-0.1, -0.05) is 0 Å². The number of likely N-dealkylation sites (tertiary alicyclic amines) is 1. The van der Waals surface area contributed by atoms with Gasteiger partial charge >= 0.3 is 7.60 Å². The van der Waals surface area contributed by atoms with E-state index in [0.717, 1.165) is 0 Å². The highest BCUT2D eigenvalue weighted by atomic mass is 31.2. The second-order valence-corrected chi connectivity index (χ2v) is 5.93. The molecule has 1 aliphatic rings. The molecule has 1 saturated heterocycles. The largest absolute Gasteiger partial charge is 0.396 e. The number of aliphatic hydroxyl groups is 3. The van der Waals surface area contributed by atoms with Crippen molar-refractivity contribution in [2.75, 3.05) is 32.4 Å². The number of β-amino-alcohol motifs (C(OH)–C–C–N with tert-alkyl or cyclic N) is 1. The van der Waals surface area contributed by atoms with Crippen LogP contribution < -0.4 is 0 Å². The Bertz CT molecular complexity index is 269. The molecule has 0 saturated carbocycles. The van der Waals surface area contributed by atoms with Crippen LogP contribution in [0.2, 0.25) is 0 Å². The van der Waals surface area contributed by atoms with E-state index >= 15 is 0 Å². The summed E-state index contributed by atoms with van der Waals surface area (Å²) in [5.74, 6) is -0.472. The van der Waals surface area contributed by atoms with Crippen LogP contribution >= 0.6 is 7.60 Å². The summed E-state index contributed by atoms with van der Waals surface area (Å²) in [5, 5.41) is 27.9. The second-order valence-electron chi connectivity index (χ2n) is 4.15. The minimum Gasteiger partial charge on any atom is -0.396 e. The molecule has 96 valence electrons. The van der Waals surface area contributed by atoms with Gasteiger partial charge in [-0.2, -0.15) is 0 Å². The van der Waals surface area contributed by atoms with E-state index in [1.807, 2.05) is 0 Å². The quantitative estimate of drug-likeness (QED) is 0.362. The van der Waals surface area contributed by atoms with Crippen LogP contribution in [0.3, 0.4) is 0 Å². The highest BCUT2D eigenvalue weighted by Crippen LogP contribution is 2.34. The van der Waals surface area contributed by atoms with Crippen LogP contribution in [0, 0.1) is 5.92 Å². The monoisotopic (exact) mass is 255 g/mol. The SMILES string of the molecule is O=P(O)(O)CCN1C[C@H](CO)[C@@H](O)[C@H](O)C1. The molecule has 0 aromatic carbocycles. The number of rotatable bonds is 4. The number of hydrogen-bond donors (Lipinski definition) is 5. The van der Waals surface area contributed by atoms with Gasteiger partial charge < -0.3 is 25.1 Å². The van der Waals surface area contributed by atoms with Crippen LogP contribution in [0.15, 0.2) is 0 Å². The lowest BCUT2D eigenvalue weighted by atomic mass is 9.93. The summed E-state index contributed by atoms with van der Waals surface area (Å²) < 4.78 is 10.7. The third kappa shape index (κ3) is 4.10. The Kier molecular flexibility index (Phi) is 4.88. The third-order valence-corrected chi connectivity index (χ3v) is 3.54. The topological polar surface area (TPSA) is 121 Å². The van der Waals surface area contributed by atoms with Crippen molar-refractivity contribution in [1.29, 1.82) is 0 Å². The van der Waals surface area contributed by atoms with Gasteiger partial charge in [0.25, 0.3) is 0 Å². The molecule has 0 aliphatic carbocycles. The van der Waals surface area contributed by atoms with Crippen molar-refractivity contribution in [3.8, 4) is 0 Å². The van der Waals surface area contributed by atoms with Crippen molar-refractivity contribution < 1.29 is 29.7 Å². The lowest BCUT2D eigenvalue weighted by Gasteiger charge is -2.38. The van der Waals surface area contributed by atoms with Crippen LogP contribution in [0.1, 0.15) is 0 Å². The second kappa shape index (κ2) is 5.55. The number of piperidine rings is 1. The molecule has 0 spiro atoms. The molecule has 7 nitrogen and oxygen atoms in total. The van der Waals surface area contributed by atoms with Gasteiger partial charge in [0.15, 0.2) is 0 Å². The molecule has 16 heavy (non-hydrogen) atoms. The third-order valence-electron chi connectivity index (χ3n) is 2.76. The van der Waals surface area contributed by atoms with Crippen LogP contribution in [0.5, 0.6) is 0 Å². The van der Waals surface area contributed by atoms with Crippen molar-refractivity contribution in [1.82, 2.24) is 4.90 Å². The molecule has 5 N–H and O–H groups in total. The van der Waals surface area contributed by atoms with Gasteiger partial charge in [0.05, 0.1) is 18.4 Å². The zero-order valence-corrected chi connectivity index (χ0v) is 9.70. The van der Waals surface area contributed by atoms with Crippen molar-refractivity contribution in [2.45, 2.75) is 12.2 Å². The van der Waals surface area contributed by atoms with Gasteiger partial charge in [-0.25, -0.2) is 0 Å². The molecule has 0 radical (unpaired) electrons. The first kappa shape index (κ1) is 14.1. The molecule has 0 bridgehead atoms. The van der Waals surface area contributed by atoms with Crippen LogP contribution in [-0.2, 0) is 4.57 Å². The Morgan fingerprint density at radius 3 is 2.38 bits per heavy atom. The number of nitrogens with zero attached hydrogens (tertiary/aromatic N) is 1. The summed E-state index contributed by atoms with van der Waals surface area (Å²) in [6, 6.07) is 0. The maximum atomic E-state index is 10.7. The predicted molar refractivity (Wildman–Crippen MR) is 55.9 cm³/mol. The Labute approximate surface area is 93.5 Å². The van der Waals surface area contributed by atoms with Gasteiger partial charge in [0.1, 0.15) is 0 Å². The van der Waals surface area contributed by atoms with Gasteiger partial charge in [0.2, 0.25) is 0 Å². The molecule has 0 aromatic heterocycles. The fourth-order valence-electron chi connectivity index (χ4n) is 1.82. The van der Waals surface area contributed by atoms with Gasteiger partial charge in [0, 0.05) is 32.2 Å². The fraction of sp³-hybridized carbons (Fsp3) is 1.00. The predicted octanol–water partition coefficient (Wildman–Crippen LogP) is -2.19. The zero-order valence-electron chi connectivity index (χ0n) is 8.81. The first-order valence-electron chi connectivity index (χ1n) is 5.07. The summed E-state index contributed by atoms with van der Waals surface area (Å²) in [6.07, 6.45) is -2.24. The first-order valence-corrected chi connectivity index (χ1v) is 6.87. The molecule has 3 atom stereocenters. The molecule has 8 heteroatoms. The number of hydrogen-bond acceptors (Lipinski definition) is 5. The average Bonchev–Trinajstić information content (AvgIpc) is 2.18. The fourth-order valence-corrected chi connectivity index (χ4v) is 2.36. The van der Waals surface area contributed by atoms with E-state index < -0.39 is 25.7 Å². The Balaban J connectivity index is 2.47. The summed E-state index contributed by atoms with van der Waals surface area (Å²) in [4.78, 5) is 19.1. The molecular formula is C8H18NO6P. The van der Waals surface area contributed by atoms with Crippen molar-refractivity contribution >= 4 is 7.60 Å². The molecule has 0 amide bonds. The Morgan fingerprint density at radius 2 is 1.88 bits per heavy atom. The van der Waals surface area contributed by atoms with E-state index in [2.05, 4.69) is 0 Å². The highest BCUT2D eigenvalue weighted by molar-refractivity contribution is 7.51. The van der Waals surface area contributed by atoms with E-state index in [-0.39, 0.29) is 25.9 Å². The molecule has 1 aliphatic heterocycles.